The molecule has 0 aliphatic heterocycles. The Morgan fingerprint density at radius 3 is 2.82 bits per heavy atom. The van der Waals surface area contributed by atoms with Gasteiger partial charge >= 0.3 is 0 Å². The zero-order valence-electron chi connectivity index (χ0n) is 5.46. The van der Waals surface area contributed by atoms with Gasteiger partial charge < -0.3 is 5.21 Å². The number of hydrogen-bond acceptors (Lipinski definition) is 2. The van der Waals surface area contributed by atoms with Crippen LogP contribution in [0, 0.1) is 9.39 Å². The molecule has 0 saturated carbocycles. The van der Waals surface area contributed by atoms with Crippen molar-refractivity contribution < 1.29 is 9.60 Å². The number of hydrogen-bond donors (Lipinski definition) is 1. The van der Waals surface area contributed by atoms with Crippen molar-refractivity contribution in [1.29, 1.82) is 0 Å². The second kappa shape index (κ2) is 3.66. The summed E-state index contributed by atoms with van der Waals surface area (Å²) in [6.07, 6.45) is 1.08. The van der Waals surface area contributed by atoms with Crippen LogP contribution in [0.25, 0.3) is 0 Å². The van der Waals surface area contributed by atoms with Gasteiger partial charge in [0.2, 0.25) is 0 Å². The molecule has 0 unspecified atom stereocenters. The molecular formula is C7H5FINO. The minimum Gasteiger partial charge on any atom is -0.411 e. The third kappa shape index (κ3) is 1.89. The predicted octanol–water partition coefficient (Wildman–Crippen LogP) is 2.24. The van der Waals surface area contributed by atoms with Crippen molar-refractivity contribution in [1.82, 2.24) is 0 Å². The lowest BCUT2D eigenvalue weighted by molar-refractivity contribution is 0.321. The van der Waals surface area contributed by atoms with Crippen molar-refractivity contribution in [2.45, 2.75) is 0 Å². The Bertz CT molecular complexity index is 268. The van der Waals surface area contributed by atoms with Gasteiger partial charge in [0.05, 0.1) is 6.21 Å². The number of benzene rings is 1. The maximum absolute atomic E-state index is 12.8. The Morgan fingerprint density at radius 2 is 2.27 bits per heavy atom. The van der Waals surface area contributed by atoms with Gasteiger partial charge in [-0.15, -0.1) is 0 Å². The Morgan fingerprint density at radius 1 is 1.55 bits per heavy atom. The zero-order chi connectivity index (χ0) is 8.27. The maximum atomic E-state index is 12.8. The minimum absolute atomic E-state index is 0.315. The van der Waals surface area contributed by atoms with E-state index in [9.17, 15) is 4.39 Å². The first-order chi connectivity index (χ1) is 5.25. The Hall–Kier alpha value is -0.650. The van der Waals surface area contributed by atoms with Crippen LogP contribution in [-0.4, -0.2) is 11.4 Å². The van der Waals surface area contributed by atoms with E-state index in [1.165, 1.54) is 6.07 Å². The van der Waals surface area contributed by atoms with Gasteiger partial charge in [-0.2, -0.15) is 0 Å². The molecule has 1 aromatic carbocycles. The first-order valence-corrected chi connectivity index (χ1v) is 3.95. The van der Waals surface area contributed by atoms with Gasteiger partial charge in [0, 0.05) is 9.13 Å². The summed E-state index contributed by atoms with van der Waals surface area (Å²) in [5, 5.41) is 10.9. The van der Waals surface area contributed by atoms with E-state index in [1.807, 2.05) is 22.6 Å². The molecule has 1 aromatic rings. The highest BCUT2D eigenvalue weighted by atomic mass is 127. The monoisotopic (exact) mass is 265 g/mol. The molecule has 0 aromatic heterocycles. The quantitative estimate of drug-likeness (QED) is 0.359. The normalized spacial score (nSPS) is 10.7. The number of nitrogens with zero attached hydrogens (tertiary/aromatic N) is 1. The molecule has 11 heavy (non-hydrogen) atoms. The molecule has 0 bridgehead atoms. The van der Waals surface area contributed by atoms with Gasteiger partial charge in [0.15, 0.2) is 0 Å². The fraction of sp³-hybridized carbons (Fsp3) is 0. The van der Waals surface area contributed by atoms with Crippen molar-refractivity contribution in [2.24, 2.45) is 5.16 Å². The summed E-state index contributed by atoms with van der Waals surface area (Å²) in [7, 11) is 0. The number of oxime groups is 1. The fourth-order valence-corrected chi connectivity index (χ4v) is 1.30. The molecule has 0 heterocycles. The summed E-state index contributed by atoms with van der Waals surface area (Å²) in [4.78, 5) is 0. The third-order valence-corrected chi connectivity index (χ3v) is 2.13. The van der Waals surface area contributed by atoms with Crippen LogP contribution < -0.4 is 0 Å². The second-order valence-corrected chi connectivity index (χ2v) is 3.04. The van der Waals surface area contributed by atoms with Crippen molar-refractivity contribution >= 4 is 28.8 Å². The lowest BCUT2D eigenvalue weighted by Crippen LogP contribution is -1.91. The molecule has 0 aliphatic rings. The first-order valence-electron chi connectivity index (χ1n) is 2.87. The van der Waals surface area contributed by atoms with Crippen LogP contribution in [0.2, 0.25) is 0 Å². The molecule has 58 valence electrons. The molecule has 0 amide bonds. The summed E-state index contributed by atoms with van der Waals surface area (Å²) < 4.78 is 13.6. The van der Waals surface area contributed by atoms with Gasteiger partial charge in [-0.25, -0.2) is 4.39 Å². The van der Waals surface area contributed by atoms with Gasteiger partial charge in [-0.3, -0.25) is 0 Å². The van der Waals surface area contributed by atoms with Crippen LogP contribution in [0.3, 0.4) is 0 Å². The molecule has 0 aliphatic carbocycles. The molecule has 0 spiro atoms. The van der Waals surface area contributed by atoms with Crippen molar-refractivity contribution in [3.05, 3.63) is 33.1 Å². The molecule has 1 N–H and O–H groups in total. The van der Waals surface area contributed by atoms with E-state index in [0.717, 1.165) is 9.78 Å². The number of halogens is 2. The zero-order valence-corrected chi connectivity index (χ0v) is 7.62. The van der Waals surface area contributed by atoms with Gasteiger partial charge in [0.1, 0.15) is 5.82 Å². The average molecular weight is 265 g/mol. The lowest BCUT2D eigenvalue weighted by atomic mass is 10.2. The highest BCUT2D eigenvalue weighted by molar-refractivity contribution is 14.1. The SMILES string of the molecule is O/N=C\c1c(F)cccc1I. The number of rotatable bonds is 1. The third-order valence-electron chi connectivity index (χ3n) is 1.19. The lowest BCUT2D eigenvalue weighted by Gasteiger charge is -1.96. The molecule has 2 nitrogen and oxygen atoms in total. The topological polar surface area (TPSA) is 32.6 Å². The van der Waals surface area contributed by atoms with Crippen molar-refractivity contribution in [2.75, 3.05) is 0 Å². The highest BCUT2D eigenvalue weighted by Crippen LogP contribution is 2.13. The molecule has 0 atom stereocenters. The maximum Gasteiger partial charge on any atom is 0.133 e. The molecule has 0 radical (unpaired) electrons. The molecule has 4 heteroatoms. The van der Waals surface area contributed by atoms with Crippen LogP contribution in [0.4, 0.5) is 4.39 Å². The second-order valence-electron chi connectivity index (χ2n) is 1.88. The van der Waals surface area contributed by atoms with Crippen LogP contribution in [0.15, 0.2) is 23.4 Å². The highest BCUT2D eigenvalue weighted by Gasteiger charge is 2.02. The summed E-state index contributed by atoms with van der Waals surface area (Å²) in [5.74, 6) is -0.380. The van der Waals surface area contributed by atoms with Gasteiger partial charge in [-0.1, -0.05) is 11.2 Å². The Kier molecular flexibility index (Phi) is 2.81. The van der Waals surface area contributed by atoms with Crippen LogP contribution in [0.1, 0.15) is 5.56 Å². The van der Waals surface area contributed by atoms with Crippen LogP contribution in [-0.2, 0) is 0 Å². The largest absolute Gasteiger partial charge is 0.411 e. The van der Waals surface area contributed by atoms with E-state index in [2.05, 4.69) is 5.16 Å². The van der Waals surface area contributed by atoms with Crippen molar-refractivity contribution in [3.63, 3.8) is 0 Å². The molecule has 1 rings (SSSR count). The Labute approximate surface area is 76.9 Å². The van der Waals surface area contributed by atoms with Crippen LogP contribution in [0.5, 0.6) is 0 Å². The first kappa shape index (κ1) is 8.45. The Balaban J connectivity index is 3.20. The van der Waals surface area contributed by atoms with Crippen molar-refractivity contribution in [3.8, 4) is 0 Å². The summed E-state index contributed by atoms with van der Waals surface area (Å²) in [6.45, 7) is 0. The predicted molar refractivity (Wildman–Crippen MR) is 48.5 cm³/mol. The molecule has 0 saturated heterocycles. The van der Waals surface area contributed by atoms with Gasteiger partial charge in [-0.05, 0) is 34.7 Å². The molecule has 0 fully saturated rings. The van der Waals surface area contributed by atoms with E-state index in [1.54, 1.807) is 12.1 Å². The fourth-order valence-electron chi connectivity index (χ4n) is 0.692. The van der Waals surface area contributed by atoms with E-state index in [-0.39, 0.29) is 5.82 Å². The summed E-state index contributed by atoms with van der Waals surface area (Å²) >= 11 is 1.97. The molecular weight excluding hydrogens is 260 g/mol. The smallest absolute Gasteiger partial charge is 0.133 e. The van der Waals surface area contributed by atoms with E-state index < -0.39 is 0 Å². The minimum atomic E-state index is -0.380. The standard InChI is InChI=1S/C7H5FINO/c8-6-2-1-3-7(9)5(6)4-10-11/h1-4,11H/b10-4-. The summed E-state index contributed by atoms with van der Waals surface area (Å²) in [5.41, 5.74) is 0.315. The summed E-state index contributed by atoms with van der Waals surface area (Å²) in [6, 6.07) is 4.66. The van der Waals surface area contributed by atoms with E-state index in [4.69, 9.17) is 5.21 Å². The average Bonchev–Trinajstić information content (AvgIpc) is 1.97. The van der Waals surface area contributed by atoms with Crippen LogP contribution >= 0.6 is 22.6 Å². The van der Waals surface area contributed by atoms with E-state index >= 15 is 0 Å². The van der Waals surface area contributed by atoms with Gasteiger partial charge in [0.25, 0.3) is 0 Å². The van der Waals surface area contributed by atoms with E-state index in [0.29, 0.717) is 5.56 Å².